The molecule has 0 saturated carbocycles. The minimum Gasteiger partial charge on any atom is -0.510 e. The summed E-state index contributed by atoms with van der Waals surface area (Å²) in [7, 11) is -2.50. The van der Waals surface area contributed by atoms with Crippen LogP contribution in [0.25, 0.3) is 10.8 Å². The van der Waals surface area contributed by atoms with Crippen LogP contribution < -0.4 is 18.3 Å². The lowest BCUT2D eigenvalue weighted by molar-refractivity contribution is -0.000502. The molecule has 10 heteroatoms. The van der Waals surface area contributed by atoms with Gasteiger partial charge in [0.1, 0.15) is 29.1 Å². The Hall–Kier alpha value is -3.19. The fourth-order valence-electron chi connectivity index (χ4n) is 7.17. The number of benzene rings is 3. The van der Waals surface area contributed by atoms with E-state index in [1.165, 1.54) is 0 Å². The molecule has 0 spiro atoms. The second-order valence-electron chi connectivity index (χ2n) is 17.1. The van der Waals surface area contributed by atoms with Gasteiger partial charge in [-0.05, 0) is 54.4 Å². The highest BCUT2D eigenvalue weighted by atomic mass is 28.4. The van der Waals surface area contributed by atoms with Gasteiger partial charge < -0.3 is 27.5 Å². The fourth-order valence-corrected chi connectivity index (χ4v) is 12.9. The van der Waals surface area contributed by atoms with E-state index in [1.54, 1.807) is 14.2 Å². The van der Waals surface area contributed by atoms with E-state index >= 15 is 4.79 Å². The third-order valence-electron chi connectivity index (χ3n) is 10.7. The summed E-state index contributed by atoms with van der Waals surface area (Å²) in [5, 5.41) is 0.261. The maximum absolute atomic E-state index is 15.1. The minimum atomic E-state index is -3.34. The second kappa shape index (κ2) is 12.5. The second-order valence-corrected chi connectivity index (χ2v) is 26.5. The van der Waals surface area contributed by atoms with Crippen LogP contribution in [0.5, 0.6) is 23.0 Å². The fraction of sp³-hybridized carbons (Fsp3) is 0.538. The van der Waals surface area contributed by atoms with Gasteiger partial charge in [-0.25, -0.2) is 0 Å². The molecule has 0 bridgehead atoms. The number of rotatable bonds is 8. The van der Waals surface area contributed by atoms with Crippen molar-refractivity contribution in [2.24, 2.45) is 0 Å². The molecule has 0 unspecified atom stereocenters. The molecule has 3 aromatic rings. The van der Waals surface area contributed by atoms with Crippen LogP contribution in [-0.4, -0.2) is 49.3 Å². The van der Waals surface area contributed by atoms with Gasteiger partial charge in [0.15, 0.2) is 20.4 Å². The quantitative estimate of drug-likeness (QED) is 0.169. The summed E-state index contributed by atoms with van der Waals surface area (Å²) in [6.45, 7) is 25.7. The number of ether oxygens (including phenoxy) is 3. The predicted molar refractivity (Wildman–Crippen MR) is 199 cm³/mol. The van der Waals surface area contributed by atoms with E-state index in [4.69, 9.17) is 27.5 Å². The smallest absolute Gasteiger partial charge is 0.471 e. The Kier molecular flexibility index (Phi) is 9.49. The van der Waals surface area contributed by atoms with Crippen molar-refractivity contribution in [3.05, 3.63) is 58.1 Å². The Balaban J connectivity index is 1.84. The highest BCUT2D eigenvalue weighted by molar-refractivity contribution is 6.75. The number of hydrogen-bond donors (Lipinski definition) is 0. The first-order valence-electron chi connectivity index (χ1n) is 17.1. The van der Waals surface area contributed by atoms with Crippen LogP contribution in [-0.2, 0) is 15.8 Å². The van der Waals surface area contributed by atoms with Crippen molar-refractivity contribution < 1.29 is 37.1 Å². The van der Waals surface area contributed by atoms with E-state index in [0.29, 0.717) is 52.4 Å². The van der Waals surface area contributed by atoms with Crippen molar-refractivity contribution >= 4 is 39.7 Å². The van der Waals surface area contributed by atoms with Crippen molar-refractivity contribution in [3.63, 3.8) is 0 Å². The highest BCUT2D eigenvalue weighted by Crippen LogP contribution is 2.61. The third kappa shape index (κ3) is 6.12. The number of fused-ring (bicyclic) bond motifs is 2. The molecule has 0 radical (unpaired) electrons. The van der Waals surface area contributed by atoms with Gasteiger partial charge in [0.25, 0.3) is 0 Å². The SMILES string of the molecule is COc1ccc(CO[C@H]2C[C@H](O[Si](C)(C)C(C)(C)C)C(=O)c3c2c(OC)c2cc(C)c(C=O)c4c2c3O[Si](C(C)(C)C)(C(C)(C)C)O4)cc1. The maximum atomic E-state index is 15.1. The van der Waals surface area contributed by atoms with Crippen LogP contribution >= 0.6 is 0 Å². The van der Waals surface area contributed by atoms with Crippen LogP contribution in [0, 0.1) is 6.92 Å². The predicted octanol–water partition coefficient (Wildman–Crippen LogP) is 10.0. The van der Waals surface area contributed by atoms with E-state index in [1.807, 2.05) is 37.3 Å². The largest absolute Gasteiger partial charge is 0.510 e. The number of ketones is 1. The van der Waals surface area contributed by atoms with E-state index < -0.39 is 39.2 Å². The maximum Gasteiger partial charge on any atom is 0.471 e. The molecule has 0 saturated heterocycles. The summed E-state index contributed by atoms with van der Waals surface area (Å²) < 4.78 is 39.7. The summed E-state index contributed by atoms with van der Waals surface area (Å²) in [4.78, 5) is 27.8. The number of aryl methyl sites for hydroxylation is 1. The molecule has 2 aliphatic rings. The molecule has 1 aliphatic heterocycles. The minimum absolute atomic E-state index is 0.128. The van der Waals surface area contributed by atoms with Gasteiger partial charge in [0, 0.05) is 27.4 Å². The monoisotopic (exact) mass is 706 g/mol. The van der Waals surface area contributed by atoms with Crippen molar-refractivity contribution in [1.29, 1.82) is 0 Å². The van der Waals surface area contributed by atoms with E-state index in [-0.39, 0.29) is 10.8 Å². The standard InChI is InChI=1S/C39H54O8Si2/c1-23-19-26-30-35(27(23)21-40)46-49(38(5,6)7,39(8,9)10)47-36(30)32-31(34(26)43-12)28(44-22-24-15-17-25(42-11)18-16-24)20-29(33(32)41)45-48(13,14)37(2,3)4/h15-19,21,28-29H,20,22H2,1-14H3/t28-,29-/m0/s1. The van der Waals surface area contributed by atoms with Crippen molar-refractivity contribution in [2.45, 2.75) is 123 Å². The summed E-state index contributed by atoms with van der Waals surface area (Å²) in [6, 6.07) is 9.70. The average Bonchev–Trinajstić information content (AvgIpc) is 3.00. The first-order chi connectivity index (χ1) is 22.6. The lowest BCUT2D eigenvalue weighted by atomic mass is 9.82. The highest BCUT2D eigenvalue weighted by Gasteiger charge is 2.65. The molecule has 1 aliphatic carbocycles. The zero-order chi connectivity index (χ0) is 36.5. The number of carbonyl (C=O) groups is 2. The zero-order valence-corrected chi connectivity index (χ0v) is 33.8. The summed E-state index contributed by atoms with van der Waals surface area (Å²) in [6.07, 6.45) is -0.145. The Morgan fingerprint density at radius 2 is 1.49 bits per heavy atom. The van der Waals surface area contributed by atoms with Crippen LogP contribution in [0.3, 0.4) is 0 Å². The van der Waals surface area contributed by atoms with Crippen LogP contribution in [0.1, 0.15) is 112 Å². The molecular formula is C39H54O8Si2. The molecule has 1 heterocycles. The van der Waals surface area contributed by atoms with Gasteiger partial charge >= 0.3 is 8.56 Å². The van der Waals surface area contributed by atoms with Crippen LogP contribution in [0.4, 0.5) is 0 Å². The van der Waals surface area contributed by atoms with Gasteiger partial charge in [0.05, 0.1) is 43.4 Å². The number of Topliss-reactive ketones (excluding diaryl/α,β-unsaturated/α-hetero) is 1. The topological polar surface area (TPSA) is 89.5 Å². The zero-order valence-electron chi connectivity index (χ0n) is 31.8. The molecule has 8 nitrogen and oxygen atoms in total. The number of hydrogen-bond acceptors (Lipinski definition) is 8. The molecular weight excluding hydrogens is 653 g/mol. The van der Waals surface area contributed by atoms with Crippen molar-refractivity contribution in [2.75, 3.05) is 14.2 Å². The van der Waals surface area contributed by atoms with Crippen molar-refractivity contribution in [3.8, 4) is 23.0 Å². The molecule has 49 heavy (non-hydrogen) atoms. The van der Waals surface area contributed by atoms with E-state index in [0.717, 1.165) is 28.5 Å². The van der Waals surface area contributed by atoms with Gasteiger partial charge in [0.2, 0.25) is 0 Å². The molecule has 5 rings (SSSR count). The summed E-state index contributed by atoms with van der Waals surface area (Å²) in [5.41, 5.74) is 3.22. The number of methoxy groups -OCH3 is 2. The molecule has 0 N–H and O–H groups in total. The number of aldehydes is 1. The molecule has 266 valence electrons. The van der Waals surface area contributed by atoms with Gasteiger partial charge in [-0.2, -0.15) is 0 Å². The van der Waals surface area contributed by atoms with Gasteiger partial charge in [-0.15, -0.1) is 0 Å². The molecule has 3 aromatic carbocycles. The normalized spacial score (nSPS) is 19.2. The van der Waals surface area contributed by atoms with Gasteiger partial charge in [-0.1, -0.05) is 74.4 Å². The average molecular weight is 707 g/mol. The lowest BCUT2D eigenvalue weighted by Crippen LogP contribution is -2.63. The molecule has 0 aromatic heterocycles. The van der Waals surface area contributed by atoms with Crippen LogP contribution in [0.2, 0.25) is 28.2 Å². The van der Waals surface area contributed by atoms with E-state index in [2.05, 4.69) is 75.4 Å². The molecule has 2 atom stereocenters. The Morgan fingerprint density at radius 3 is 2.00 bits per heavy atom. The number of carbonyl (C=O) groups excluding carboxylic acids is 2. The molecule has 0 amide bonds. The van der Waals surface area contributed by atoms with Gasteiger partial charge in [-0.3, -0.25) is 9.59 Å². The third-order valence-corrected chi connectivity index (χ3v) is 20.1. The van der Waals surface area contributed by atoms with E-state index in [9.17, 15) is 4.79 Å². The summed E-state index contributed by atoms with van der Waals surface area (Å²) >= 11 is 0. The Morgan fingerprint density at radius 1 is 0.898 bits per heavy atom. The first-order valence-corrected chi connectivity index (χ1v) is 21.9. The summed E-state index contributed by atoms with van der Waals surface area (Å²) in [5.74, 6) is 2.02. The Bertz CT molecular complexity index is 1760. The van der Waals surface area contributed by atoms with Crippen LogP contribution in [0.15, 0.2) is 30.3 Å². The lowest BCUT2D eigenvalue weighted by Gasteiger charge is -2.51. The first kappa shape index (κ1) is 37.1. The van der Waals surface area contributed by atoms with Crippen molar-refractivity contribution in [1.82, 2.24) is 0 Å². The molecule has 0 fully saturated rings. The Labute approximate surface area is 294 Å².